The molecule has 0 spiro atoms. The van der Waals surface area contributed by atoms with Gasteiger partial charge in [0, 0.05) is 10.6 Å². The second kappa shape index (κ2) is 9.95. The Morgan fingerprint density at radius 1 is 1.14 bits per heavy atom. The lowest BCUT2D eigenvalue weighted by Crippen LogP contribution is -2.22. The molecular formula is C22H24N2O3S. The van der Waals surface area contributed by atoms with Gasteiger partial charge in [0.2, 0.25) is 0 Å². The molecule has 0 aliphatic carbocycles. The van der Waals surface area contributed by atoms with E-state index in [4.69, 9.17) is 10.00 Å². The summed E-state index contributed by atoms with van der Waals surface area (Å²) in [6.07, 6.45) is 0.947. The Bertz CT molecular complexity index is 876. The largest absolute Gasteiger partial charge is 0.452 e. The number of hydrogen-bond donors (Lipinski definition) is 1. The zero-order valence-electron chi connectivity index (χ0n) is 16.5. The number of carbonyl (C=O) groups excluding carboxylic acids is 2. The number of rotatable bonds is 7. The molecule has 1 amide bonds. The van der Waals surface area contributed by atoms with E-state index >= 15 is 0 Å². The summed E-state index contributed by atoms with van der Waals surface area (Å²) in [7, 11) is 0. The molecule has 0 unspecified atom stereocenters. The highest BCUT2D eigenvalue weighted by Gasteiger charge is 2.13. The third-order valence-electron chi connectivity index (χ3n) is 4.10. The van der Waals surface area contributed by atoms with E-state index in [0.717, 1.165) is 39.8 Å². The van der Waals surface area contributed by atoms with Crippen LogP contribution in [0, 0.1) is 30.4 Å². The predicted molar refractivity (Wildman–Crippen MR) is 111 cm³/mol. The van der Waals surface area contributed by atoms with E-state index < -0.39 is 11.9 Å². The number of aryl methyl sites for hydroxylation is 2. The van der Waals surface area contributed by atoms with Gasteiger partial charge in [0.15, 0.2) is 6.61 Å². The van der Waals surface area contributed by atoms with Crippen LogP contribution in [0.15, 0.2) is 41.3 Å². The van der Waals surface area contributed by atoms with Crippen LogP contribution in [0.2, 0.25) is 0 Å². The molecule has 146 valence electrons. The van der Waals surface area contributed by atoms with Gasteiger partial charge < -0.3 is 10.1 Å². The first kappa shape index (κ1) is 21.5. The molecule has 28 heavy (non-hydrogen) atoms. The second-order valence-electron chi connectivity index (χ2n) is 7.04. The number of ether oxygens (including phenoxy) is 1. The molecule has 2 aromatic rings. The molecule has 0 aliphatic heterocycles. The number of nitriles is 1. The van der Waals surface area contributed by atoms with Crippen molar-refractivity contribution < 1.29 is 14.3 Å². The van der Waals surface area contributed by atoms with Gasteiger partial charge in [-0.1, -0.05) is 26.0 Å². The molecule has 2 aromatic carbocycles. The van der Waals surface area contributed by atoms with Gasteiger partial charge in [-0.15, -0.1) is 0 Å². The maximum absolute atomic E-state index is 12.2. The fraction of sp³-hybridized carbons (Fsp3) is 0.318. The van der Waals surface area contributed by atoms with Crippen molar-refractivity contribution in [1.82, 2.24) is 0 Å². The average molecular weight is 397 g/mol. The van der Waals surface area contributed by atoms with Crippen molar-refractivity contribution in [3.05, 3.63) is 58.7 Å². The topological polar surface area (TPSA) is 79.2 Å². The molecule has 0 saturated carbocycles. The summed E-state index contributed by atoms with van der Waals surface area (Å²) >= 11 is 1.07. The fourth-order valence-electron chi connectivity index (χ4n) is 2.87. The normalized spacial score (nSPS) is 10.4. The molecule has 1 N–H and O–H groups in total. The number of thiocyanates is 1. The SMILES string of the molecule is Cc1cc(SC#N)cc(C)c1NC(=O)COC(=O)c1ccc(CC(C)C)cc1. The van der Waals surface area contributed by atoms with E-state index in [1.54, 1.807) is 12.1 Å². The zero-order chi connectivity index (χ0) is 20.7. The summed E-state index contributed by atoms with van der Waals surface area (Å²) in [4.78, 5) is 25.2. The maximum Gasteiger partial charge on any atom is 0.338 e. The minimum Gasteiger partial charge on any atom is -0.452 e. The minimum absolute atomic E-state index is 0.361. The van der Waals surface area contributed by atoms with Crippen LogP contribution in [-0.2, 0) is 16.0 Å². The van der Waals surface area contributed by atoms with Crippen molar-refractivity contribution in [2.24, 2.45) is 5.92 Å². The van der Waals surface area contributed by atoms with Crippen molar-refractivity contribution in [3.63, 3.8) is 0 Å². The Hall–Kier alpha value is -2.78. The van der Waals surface area contributed by atoms with Crippen molar-refractivity contribution in [2.75, 3.05) is 11.9 Å². The van der Waals surface area contributed by atoms with Crippen molar-refractivity contribution >= 4 is 29.3 Å². The second-order valence-corrected chi connectivity index (χ2v) is 7.90. The van der Waals surface area contributed by atoms with Crippen LogP contribution in [0.1, 0.15) is 40.9 Å². The highest BCUT2D eigenvalue weighted by atomic mass is 32.2. The van der Waals surface area contributed by atoms with Crippen LogP contribution in [0.4, 0.5) is 5.69 Å². The van der Waals surface area contributed by atoms with E-state index in [1.165, 1.54) is 0 Å². The molecule has 0 aromatic heterocycles. The van der Waals surface area contributed by atoms with Gasteiger partial charge in [-0.2, -0.15) is 5.26 Å². The van der Waals surface area contributed by atoms with Crippen LogP contribution in [-0.4, -0.2) is 18.5 Å². The molecule has 0 heterocycles. The predicted octanol–water partition coefficient (Wildman–Crippen LogP) is 4.87. The lowest BCUT2D eigenvalue weighted by atomic mass is 10.0. The Kier molecular flexibility index (Phi) is 7.65. The summed E-state index contributed by atoms with van der Waals surface area (Å²) in [5, 5.41) is 13.6. The molecule has 0 fully saturated rings. The number of nitrogens with one attached hydrogen (secondary N) is 1. The van der Waals surface area contributed by atoms with Crippen LogP contribution in [0.25, 0.3) is 0 Å². The van der Waals surface area contributed by atoms with E-state index in [9.17, 15) is 9.59 Å². The van der Waals surface area contributed by atoms with Gasteiger partial charge in [0.25, 0.3) is 5.91 Å². The number of esters is 1. The van der Waals surface area contributed by atoms with Crippen LogP contribution in [0.3, 0.4) is 0 Å². The molecule has 2 rings (SSSR count). The van der Waals surface area contributed by atoms with Crippen LogP contribution in [0.5, 0.6) is 0 Å². The molecule has 0 atom stereocenters. The Labute approximate surface area is 170 Å². The van der Waals surface area contributed by atoms with Gasteiger partial charge in [-0.05, 0) is 78.9 Å². The Morgan fingerprint density at radius 2 is 1.75 bits per heavy atom. The summed E-state index contributed by atoms with van der Waals surface area (Å²) in [6.45, 7) is 7.63. The van der Waals surface area contributed by atoms with E-state index in [-0.39, 0.29) is 6.61 Å². The molecule has 6 heteroatoms. The molecule has 0 bridgehead atoms. The third kappa shape index (κ3) is 6.14. The first-order valence-electron chi connectivity index (χ1n) is 9.03. The Morgan fingerprint density at radius 3 is 2.29 bits per heavy atom. The quantitative estimate of drug-likeness (QED) is 0.410. The van der Waals surface area contributed by atoms with Gasteiger partial charge in [-0.25, -0.2) is 4.79 Å². The number of hydrogen-bond acceptors (Lipinski definition) is 5. The molecule has 5 nitrogen and oxygen atoms in total. The van der Waals surface area contributed by atoms with Crippen molar-refractivity contribution in [2.45, 2.75) is 39.0 Å². The van der Waals surface area contributed by atoms with Crippen molar-refractivity contribution in [3.8, 4) is 5.40 Å². The van der Waals surface area contributed by atoms with Crippen molar-refractivity contribution in [1.29, 1.82) is 5.26 Å². The lowest BCUT2D eigenvalue weighted by Gasteiger charge is -2.13. The molecule has 0 saturated heterocycles. The number of anilines is 1. The standard InChI is InChI=1S/C22H24N2O3S/c1-14(2)9-17-5-7-18(8-6-17)22(26)27-12-20(25)24-21-15(3)10-19(28-13-23)11-16(21)4/h5-8,10-11,14H,9,12H2,1-4H3,(H,24,25). The van der Waals surface area contributed by atoms with Gasteiger partial charge in [0.05, 0.1) is 5.56 Å². The van der Waals surface area contributed by atoms with E-state index in [0.29, 0.717) is 17.2 Å². The Balaban J connectivity index is 1.93. The fourth-order valence-corrected chi connectivity index (χ4v) is 3.45. The number of carbonyl (C=O) groups is 2. The van der Waals surface area contributed by atoms with Gasteiger partial charge >= 0.3 is 5.97 Å². The number of thioether (sulfide) groups is 1. The number of benzene rings is 2. The van der Waals surface area contributed by atoms with Gasteiger partial charge in [-0.3, -0.25) is 4.79 Å². The molecule has 0 radical (unpaired) electrons. The average Bonchev–Trinajstić information content (AvgIpc) is 2.63. The zero-order valence-corrected chi connectivity index (χ0v) is 17.4. The first-order valence-corrected chi connectivity index (χ1v) is 9.85. The monoisotopic (exact) mass is 396 g/mol. The number of amides is 1. The van der Waals surface area contributed by atoms with Crippen LogP contribution >= 0.6 is 11.8 Å². The van der Waals surface area contributed by atoms with E-state index in [1.807, 2.05) is 43.5 Å². The minimum atomic E-state index is -0.527. The van der Waals surface area contributed by atoms with Crippen LogP contribution < -0.4 is 5.32 Å². The maximum atomic E-state index is 12.2. The van der Waals surface area contributed by atoms with E-state index in [2.05, 4.69) is 19.2 Å². The van der Waals surface area contributed by atoms with Gasteiger partial charge in [0.1, 0.15) is 5.40 Å². The molecule has 0 aliphatic rings. The third-order valence-corrected chi connectivity index (χ3v) is 4.66. The first-order chi connectivity index (χ1) is 13.3. The summed E-state index contributed by atoms with van der Waals surface area (Å²) in [6, 6.07) is 10.9. The summed E-state index contributed by atoms with van der Waals surface area (Å²) in [5.41, 5.74) is 3.94. The summed E-state index contributed by atoms with van der Waals surface area (Å²) < 4.78 is 5.13. The smallest absolute Gasteiger partial charge is 0.338 e. The highest BCUT2D eigenvalue weighted by Crippen LogP contribution is 2.27. The summed E-state index contributed by atoms with van der Waals surface area (Å²) in [5.74, 6) is -0.391. The highest BCUT2D eigenvalue weighted by molar-refractivity contribution is 8.03. The molecular weight excluding hydrogens is 372 g/mol. The lowest BCUT2D eigenvalue weighted by molar-refractivity contribution is -0.119. The number of nitrogens with zero attached hydrogens (tertiary/aromatic N) is 1.